The molecular formula is C49H47N11O18S5. The lowest BCUT2D eigenvalue weighted by Crippen LogP contribution is -2.12. The smallest absolute Gasteiger partial charge is 0.296 e. The van der Waals surface area contributed by atoms with Crippen LogP contribution in [0.4, 0.5) is 62.6 Å². The average molecular weight is 1240 g/mol. The molecule has 0 aliphatic carbocycles. The van der Waals surface area contributed by atoms with E-state index in [2.05, 4.69) is 46.2 Å². The average Bonchev–Trinajstić information content (AvgIpc) is 3.23. The van der Waals surface area contributed by atoms with Crippen LogP contribution in [0.15, 0.2) is 181 Å². The van der Waals surface area contributed by atoms with E-state index in [9.17, 15) is 81.2 Å². The molecule has 0 spiro atoms. The molecule has 0 radical (unpaired) electrons. The topological polar surface area (TPSA) is 505 Å². The second-order valence-corrected chi connectivity index (χ2v) is 24.4. The van der Waals surface area contributed by atoms with Gasteiger partial charge in [-0.1, -0.05) is 49.2 Å². The maximum Gasteiger partial charge on any atom is 0.296 e. The number of nitrogens with two attached hydrogens (primary N) is 2. The first kappa shape index (κ1) is 62.1. The second-order valence-electron chi connectivity index (χ2n) is 17.2. The first-order valence-corrected chi connectivity index (χ1v) is 30.6. The standard InChI is InChI=1S/C47H41N11O18S5.C2H6/c1-22-3-8-28(9-4-22)51-55-41-33(78(65,66)67)18-25-20-35(80(71,72)73)43(45(59)37(25)39(41)48)57-53-30-14-12-27(13-15-30)50-47(61)24-7-16-31(32(17-24)77(62,63)64)54-58-44-36(81(74,75)76)21-26-19-34(79(68,69)70)42(40(49)38(26)46(44)60)56-52-29-10-5-23(2)6-11-29;1-2/h3-21,59-60,65-67,74-76H,48-49H2,1-2H3,(H,50,61)(H,62,63,64)(H,68,69,70)(H,71,72,73);1-2H3. The quantitative estimate of drug-likeness (QED) is 0.0257. The Morgan fingerprint density at radius 1 is 0.422 bits per heavy atom. The number of carbonyl (C=O) groups is 1. The number of hydrogen-bond donors (Lipinski definition) is 14. The maximum atomic E-state index is 13.5. The van der Waals surface area contributed by atoms with Gasteiger partial charge < -0.3 is 54.3 Å². The lowest BCUT2D eigenvalue weighted by molar-refractivity contribution is 0.102. The van der Waals surface area contributed by atoms with Gasteiger partial charge in [-0.25, -0.2) is 0 Å². The van der Waals surface area contributed by atoms with Gasteiger partial charge in [0.1, 0.15) is 64.9 Å². The number of nitrogens with zero attached hydrogens (tertiary/aromatic N) is 8. The van der Waals surface area contributed by atoms with Crippen molar-refractivity contribution < 1.29 is 81.2 Å². The summed E-state index contributed by atoms with van der Waals surface area (Å²) >= 11 is 0. The van der Waals surface area contributed by atoms with Crippen molar-refractivity contribution in [3.8, 4) is 11.5 Å². The van der Waals surface area contributed by atoms with Crippen LogP contribution < -0.4 is 16.8 Å². The summed E-state index contributed by atoms with van der Waals surface area (Å²) in [6, 6.07) is 23.4. The third kappa shape index (κ3) is 13.9. The van der Waals surface area contributed by atoms with Gasteiger partial charge in [-0.05, 0) is 116 Å². The van der Waals surface area contributed by atoms with Crippen molar-refractivity contribution in [1.29, 1.82) is 0 Å². The van der Waals surface area contributed by atoms with Crippen LogP contribution >= 0.6 is 21.7 Å². The lowest BCUT2D eigenvalue weighted by atomic mass is 10.1. The van der Waals surface area contributed by atoms with Gasteiger partial charge >= 0.3 is 0 Å². The van der Waals surface area contributed by atoms with Crippen molar-refractivity contribution in [2.24, 2.45) is 40.9 Å². The number of fused-ring (bicyclic) bond motifs is 2. The molecule has 0 aliphatic heterocycles. The first-order valence-electron chi connectivity index (χ1n) is 23.2. The molecule has 0 atom stereocenters. The number of anilines is 3. The highest BCUT2D eigenvalue weighted by Gasteiger charge is 2.32. The molecule has 0 bridgehead atoms. The first-order chi connectivity index (χ1) is 38.7. The molecule has 0 unspecified atom stereocenters. The Labute approximate surface area is 474 Å². The molecule has 0 saturated heterocycles. The molecule has 0 saturated carbocycles. The molecule has 16 N–H and O–H groups in total. The minimum atomic E-state index is -5.30. The van der Waals surface area contributed by atoms with Crippen LogP contribution in [0.3, 0.4) is 0 Å². The number of benzene rings is 8. The van der Waals surface area contributed by atoms with Crippen molar-refractivity contribution in [3.05, 3.63) is 132 Å². The van der Waals surface area contributed by atoms with Gasteiger partial charge in [-0.15, -0.1) is 25.6 Å². The SMILES string of the molecule is CC.Cc1ccc(N=Nc2c(S(O)(O)O)cc3cc(S(=O)(=O)O)c(N=Nc4ccc(NC(=O)c5ccc(N=Nc6c(S(O)(O)O)cc7cc(S(=O)(=O)O)c(N=Nc8ccc(C)cc8)c(N)c7c6O)c(S(=O)(=O)O)c5)cc4)c(O)c3c2N)cc1. The molecule has 0 fully saturated rings. The summed E-state index contributed by atoms with van der Waals surface area (Å²) in [5, 5.41) is 54.7. The highest BCUT2D eigenvalue weighted by molar-refractivity contribution is 8.19. The molecule has 8 aromatic carbocycles. The van der Waals surface area contributed by atoms with Crippen LogP contribution in [-0.4, -0.2) is 82.3 Å². The highest BCUT2D eigenvalue weighted by Crippen LogP contribution is 2.58. The Hall–Kier alpha value is -8.46. The number of phenolic OH excluding ortho intramolecular Hbond substituents is 2. The van der Waals surface area contributed by atoms with Crippen LogP contribution in [0.25, 0.3) is 21.5 Å². The van der Waals surface area contributed by atoms with E-state index in [1.807, 2.05) is 20.8 Å². The number of aromatic hydroxyl groups is 2. The molecule has 0 aliphatic rings. The van der Waals surface area contributed by atoms with Gasteiger partial charge in [0, 0.05) is 11.3 Å². The van der Waals surface area contributed by atoms with Gasteiger partial charge in [0.05, 0.1) is 49.0 Å². The zero-order chi connectivity index (χ0) is 61.3. The van der Waals surface area contributed by atoms with Gasteiger partial charge in [-0.3, -0.25) is 18.5 Å². The minimum Gasteiger partial charge on any atom is -0.505 e. The van der Waals surface area contributed by atoms with Gasteiger partial charge in [0.15, 0.2) is 11.5 Å². The Bertz CT molecular complexity index is 4390. The van der Waals surface area contributed by atoms with Crippen LogP contribution in [0.1, 0.15) is 35.3 Å². The number of hydrogen-bond acceptors (Lipinski definition) is 25. The summed E-state index contributed by atoms with van der Waals surface area (Å²) in [5.74, 6) is -3.11. The molecule has 8 aromatic rings. The predicted octanol–water partition coefficient (Wildman–Crippen LogP) is 14.0. The summed E-state index contributed by atoms with van der Waals surface area (Å²) in [6.45, 7) is 7.60. The molecule has 34 heteroatoms. The Kier molecular flexibility index (Phi) is 17.8. The summed E-state index contributed by atoms with van der Waals surface area (Å²) in [7, 11) is -25.3. The van der Waals surface area contributed by atoms with Crippen molar-refractivity contribution in [2.45, 2.75) is 52.2 Å². The van der Waals surface area contributed by atoms with Crippen molar-refractivity contribution in [3.63, 3.8) is 0 Å². The van der Waals surface area contributed by atoms with Crippen molar-refractivity contribution in [1.82, 2.24) is 0 Å². The van der Waals surface area contributed by atoms with Crippen LogP contribution in [-0.2, 0) is 30.4 Å². The summed E-state index contributed by atoms with van der Waals surface area (Å²) in [4.78, 5) is 8.68. The molecule has 436 valence electrons. The third-order valence-electron chi connectivity index (χ3n) is 11.5. The summed E-state index contributed by atoms with van der Waals surface area (Å²) in [5.41, 5.74) is 9.33. The zero-order valence-electron chi connectivity index (χ0n) is 43.0. The fourth-order valence-corrected chi connectivity index (χ4v) is 11.0. The number of nitrogen functional groups attached to an aromatic ring is 2. The van der Waals surface area contributed by atoms with E-state index in [4.69, 9.17) is 11.5 Å². The van der Waals surface area contributed by atoms with Crippen LogP contribution in [0.5, 0.6) is 11.5 Å². The highest BCUT2D eigenvalue weighted by atomic mass is 32.3. The minimum absolute atomic E-state index is 0.0131. The van der Waals surface area contributed by atoms with E-state index in [0.717, 1.165) is 47.5 Å². The van der Waals surface area contributed by atoms with Gasteiger partial charge in [-0.2, -0.15) is 40.6 Å². The molecule has 0 aromatic heterocycles. The van der Waals surface area contributed by atoms with E-state index in [1.54, 1.807) is 43.3 Å². The monoisotopic (exact) mass is 1240 g/mol. The van der Waals surface area contributed by atoms with Gasteiger partial charge in [0.2, 0.25) is 0 Å². The molecule has 29 nitrogen and oxygen atoms in total. The van der Waals surface area contributed by atoms with Gasteiger partial charge in [0.25, 0.3) is 36.3 Å². The van der Waals surface area contributed by atoms with Crippen LogP contribution in [0, 0.1) is 13.8 Å². The van der Waals surface area contributed by atoms with Crippen molar-refractivity contribution >= 4 is 142 Å². The summed E-state index contributed by atoms with van der Waals surface area (Å²) < 4.78 is 168. The van der Waals surface area contributed by atoms with E-state index in [-0.39, 0.29) is 33.5 Å². The summed E-state index contributed by atoms with van der Waals surface area (Å²) in [6.07, 6.45) is 0. The Morgan fingerprint density at radius 3 is 1.17 bits per heavy atom. The lowest BCUT2D eigenvalue weighted by Gasteiger charge is -2.23. The molecule has 0 heterocycles. The molecule has 1 amide bonds. The Morgan fingerprint density at radius 2 is 0.759 bits per heavy atom. The van der Waals surface area contributed by atoms with E-state index in [1.165, 1.54) is 36.4 Å². The zero-order valence-corrected chi connectivity index (χ0v) is 47.1. The molecular weight excluding hydrogens is 1190 g/mol. The van der Waals surface area contributed by atoms with Crippen LogP contribution in [0.2, 0.25) is 0 Å². The number of rotatable bonds is 15. The largest absolute Gasteiger partial charge is 0.505 e. The third-order valence-corrected chi connectivity index (χ3v) is 15.9. The van der Waals surface area contributed by atoms with Crippen molar-refractivity contribution in [2.75, 3.05) is 16.8 Å². The molecule has 83 heavy (non-hydrogen) atoms. The normalized spacial score (nSPS) is 13.1. The fourth-order valence-electron chi connectivity index (χ4n) is 7.64. The van der Waals surface area contributed by atoms with E-state index < -0.39 is 150 Å². The molecule has 8 rings (SSSR count). The fraction of sp³-hybridized carbons (Fsp3) is 0.0816. The van der Waals surface area contributed by atoms with E-state index in [0.29, 0.717) is 6.07 Å². The number of carbonyl (C=O) groups excluding carboxylic acids is 1. The second kappa shape index (κ2) is 23.8. The Balaban J connectivity index is 0.00000490. The number of azo groups is 4. The number of nitrogens with one attached hydrogen (secondary N) is 1. The number of aryl methyl sites for hydroxylation is 2. The number of phenols is 2. The predicted molar refractivity (Wildman–Crippen MR) is 308 cm³/mol. The maximum absolute atomic E-state index is 13.5. The number of amides is 1. The van der Waals surface area contributed by atoms with E-state index >= 15 is 0 Å².